The number of rotatable bonds is 1. The van der Waals surface area contributed by atoms with E-state index in [0.29, 0.717) is 6.54 Å². The normalized spacial score (nSPS) is 26.7. The highest BCUT2D eigenvalue weighted by molar-refractivity contribution is 5.19. The molecule has 0 spiro atoms. The Morgan fingerprint density at radius 3 is 2.44 bits per heavy atom. The lowest BCUT2D eigenvalue weighted by Gasteiger charge is -2.31. The van der Waals surface area contributed by atoms with Crippen LogP contribution in [0.15, 0.2) is 30.3 Å². The highest BCUT2D eigenvalue weighted by Crippen LogP contribution is 2.37. The van der Waals surface area contributed by atoms with Crippen LogP contribution in [-0.4, -0.2) is 12.7 Å². The SMILES string of the molecule is FC(F)(F)[C@H]1CCN[C@@H](c2ccccc2)C1. The minimum atomic E-state index is -4.06. The molecule has 1 heterocycles. The van der Waals surface area contributed by atoms with Gasteiger partial charge in [0.2, 0.25) is 0 Å². The van der Waals surface area contributed by atoms with Crippen LogP contribution in [0.25, 0.3) is 0 Å². The highest BCUT2D eigenvalue weighted by atomic mass is 19.4. The van der Waals surface area contributed by atoms with E-state index < -0.39 is 12.1 Å². The van der Waals surface area contributed by atoms with E-state index in [4.69, 9.17) is 0 Å². The summed E-state index contributed by atoms with van der Waals surface area (Å²) in [5.74, 6) is -1.17. The molecule has 0 bridgehead atoms. The molecule has 0 aromatic heterocycles. The Bertz CT molecular complexity index is 334. The van der Waals surface area contributed by atoms with Crippen molar-refractivity contribution in [1.29, 1.82) is 0 Å². The van der Waals surface area contributed by atoms with Crippen LogP contribution in [-0.2, 0) is 0 Å². The summed E-state index contributed by atoms with van der Waals surface area (Å²) < 4.78 is 37.8. The summed E-state index contributed by atoms with van der Waals surface area (Å²) >= 11 is 0. The van der Waals surface area contributed by atoms with Gasteiger partial charge >= 0.3 is 6.18 Å². The topological polar surface area (TPSA) is 12.0 Å². The molecule has 1 fully saturated rings. The summed E-state index contributed by atoms with van der Waals surface area (Å²) in [6, 6.07) is 9.16. The van der Waals surface area contributed by atoms with Gasteiger partial charge in [0.25, 0.3) is 0 Å². The zero-order chi connectivity index (χ0) is 11.6. The average Bonchev–Trinajstić information content (AvgIpc) is 2.29. The third-order valence-corrected chi connectivity index (χ3v) is 3.07. The van der Waals surface area contributed by atoms with Gasteiger partial charge in [0.05, 0.1) is 5.92 Å². The maximum atomic E-state index is 12.6. The van der Waals surface area contributed by atoms with E-state index in [1.54, 1.807) is 0 Å². The van der Waals surface area contributed by atoms with Gasteiger partial charge in [-0.3, -0.25) is 0 Å². The summed E-state index contributed by atoms with van der Waals surface area (Å²) in [6.45, 7) is 0.434. The molecular weight excluding hydrogens is 215 g/mol. The van der Waals surface area contributed by atoms with Crippen molar-refractivity contribution in [3.8, 4) is 0 Å². The molecule has 2 rings (SSSR count). The van der Waals surface area contributed by atoms with Crippen LogP contribution in [0.3, 0.4) is 0 Å². The third kappa shape index (κ3) is 2.55. The van der Waals surface area contributed by atoms with Gasteiger partial charge in [0.15, 0.2) is 0 Å². The molecule has 0 radical (unpaired) electrons. The van der Waals surface area contributed by atoms with E-state index in [1.165, 1.54) is 0 Å². The third-order valence-electron chi connectivity index (χ3n) is 3.07. The minimum absolute atomic E-state index is 0.146. The molecule has 0 saturated carbocycles. The van der Waals surface area contributed by atoms with Crippen LogP contribution in [0.2, 0.25) is 0 Å². The molecule has 0 aliphatic carbocycles. The first kappa shape index (κ1) is 11.5. The van der Waals surface area contributed by atoms with Crippen LogP contribution in [0.5, 0.6) is 0 Å². The van der Waals surface area contributed by atoms with Crippen LogP contribution in [0.4, 0.5) is 13.2 Å². The van der Waals surface area contributed by atoms with Crippen molar-refractivity contribution >= 4 is 0 Å². The number of alkyl halides is 3. The quantitative estimate of drug-likeness (QED) is 0.779. The van der Waals surface area contributed by atoms with E-state index in [1.807, 2.05) is 30.3 Å². The number of piperidine rings is 1. The predicted octanol–water partition coefficient (Wildman–Crippen LogP) is 3.29. The number of hydrogen-bond acceptors (Lipinski definition) is 1. The summed E-state index contributed by atoms with van der Waals surface area (Å²) in [6.07, 6.45) is -3.73. The van der Waals surface area contributed by atoms with Gasteiger partial charge in [-0.15, -0.1) is 0 Å². The molecule has 1 aromatic rings. The molecule has 1 saturated heterocycles. The summed E-state index contributed by atoms with van der Waals surface area (Å²) in [7, 11) is 0. The second-order valence-corrected chi connectivity index (χ2v) is 4.18. The molecule has 16 heavy (non-hydrogen) atoms. The molecule has 0 amide bonds. The molecule has 1 nitrogen and oxygen atoms in total. The van der Waals surface area contributed by atoms with E-state index in [2.05, 4.69) is 5.32 Å². The van der Waals surface area contributed by atoms with Crippen molar-refractivity contribution in [2.45, 2.75) is 25.1 Å². The van der Waals surface area contributed by atoms with E-state index >= 15 is 0 Å². The van der Waals surface area contributed by atoms with Crippen LogP contribution in [0.1, 0.15) is 24.4 Å². The first-order valence-electron chi connectivity index (χ1n) is 5.42. The standard InChI is InChI=1S/C12H14F3N/c13-12(14,15)10-6-7-16-11(8-10)9-4-2-1-3-5-9/h1-5,10-11,16H,6-8H2/t10-,11+/m0/s1. The first-order valence-corrected chi connectivity index (χ1v) is 5.42. The zero-order valence-electron chi connectivity index (χ0n) is 8.80. The molecule has 1 aliphatic heterocycles. The molecular formula is C12H14F3N. The Balaban J connectivity index is 2.08. The fourth-order valence-corrected chi connectivity index (χ4v) is 2.15. The molecule has 1 aliphatic rings. The van der Waals surface area contributed by atoms with Crippen molar-refractivity contribution in [3.05, 3.63) is 35.9 Å². The lowest BCUT2D eigenvalue weighted by molar-refractivity contribution is -0.183. The Morgan fingerprint density at radius 2 is 1.81 bits per heavy atom. The molecule has 88 valence electrons. The largest absolute Gasteiger partial charge is 0.391 e. The zero-order valence-corrected chi connectivity index (χ0v) is 8.80. The second kappa shape index (κ2) is 4.45. The molecule has 0 unspecified atom stereocenters. The van der Waals surface area contributed by atoms with Gasteiger partial charge in [-0.05, 0) is 24.9 Å². The predicted molar refractivity (Wildman–Crippen MR) is 56.0 cm³/mol. The molecule has 4 heteroatoms. The van der Waals surface area contributed by atoms with Crippen molar-refractivity contribution in [2.24, 2.45) is 5.92 Å². The smallest absolute Gasteiger partial charge is 0.310 e. The van der Waals surface area contributed by atoms with Gasteiger partial charge in [-0.1, -0.05) is 30.3 Å². The number of nitrogens with one attached hydrogen (secondary N) is 1. The van der Waals surface area contributed by atoms with Crippen molar-refractivity contribution in [3.63, 3.8) is 0 Å². The fraction of sp³-hybridized carbons (Fsp3) is 0.500. The van der Waals surface area contributed by atoms with Gasteiger partial charge in [-0.2, -0.15) is 13.2 Å². The van der Waals surface area contributed by atoms with Crippen molar-refractivity contribution in [2.75, 3.05) is 6.54 Å². The van der Waals surface area contributed by atoms with Crippen molar-refractivity contribution < 1.29 is 13.2 Å². The maximum absolute atomic E-state index is 12.6. The van der Waals surface area contributed by atoms with Crippen molar-refractivity contribution in [1.82, 2.24) is 5.32 Å². The summed E-state index contributed by atoms with van der Waals surface area (Å²) in [5, 5.41) is 3.14. The van der Waals surface area contributed by atoms with E-state index in [0.717, 1.165) is 5.56 Å². The molecule has 1 aromatic carbocycles. The lowest BCUT2D eigenvalue weighted by Crippen LogP contribution is -2.37. The van der Waals surface area contributed by atoms with Crippen LogP contribution in [0, 0.1) is 5.92 Å². The summed E-state index contributed by atoms with van der Waals surface area (Å²) in [4.78, 5) is 0. The summed E-state index contributed by atoms with van der Waals surface area (Å²) in [5.41, 5.74) is 0.941. The van der Waals surface area contributed by atoms with E-state index in [-0.39, 0.29) is 18.9 Å². The molecule has 1 N–H and O–H groups in total. The Labute approximate surface area is 92.7 Å². The number of halogens is 3. The van der Waals surface area contributed by atoms with Gasteiger partial charge in [0, 0.05) is 6.04 Å². The van der Waals surface area contributed by atoms with Crippen LogP contribution < -0.4 is 5.32 Å². The number of hydrogen-bond donors (Lipinski definition) is 1. The maximum Gasteiger partial charge on any atom is 0.391 e. The Morgan fingerprint density at radius 1 is 1.12 bits per heavy atom. The minimum Gasteiger partial charge on any atom is -0.310 e. The average molecular weight is 229 g/mol. The van der Waals surface area contributed by atoms with Gasteiger partial charge < -0.3 is 5.32 Å². The monoisotopic (exact) mass is 229 g/mol. The van der Waals surface area contributed by atoms with Crippen LogP contribution >= 0.6 is 0 Å². The highest BCUT2D eigenvalue weighted by Gasteiger charge is 2.42. The number of benzene rings is 1. The second-order valence-electron chi connectivity index (χ2n) is 4.18. The fourth-order valence-electron chi connectivity index (χ4n) is 2.15. The lowest BCUT2D eigenvalue weighted by atomic mass is 9.88. The van der Waals surface area contributed by atoms with Gasteiger partial charge in [0.1, 0.15) is 0 Å². The van der Waals surface area contributed by atoms with Gasteiger partial charge in [-0.25, -0.2) is 0 Å². The van der Waals surface area contributed by atoms with E-state index in [9.17, 15) is 13.2 Å². The first-order chi connectivity index (χ1) is 7.57. The molecule has 2 atom stereocenters. The Hall–Kier alpha value is -1.03. The Kier molecular flexibility index (Phi) is 3.19.